The van der Waals surface area contributed by atoms with E-state index in [-0.39, 0.29) is 11.7 Å². The molecule has 0 unspecified atom stereocenters. The Balaban J connectivity index is 2.03. The van der Waals surface area contributed by atoms with Crippen molar-refractivity contribution in [2.45, 2.75) is 6.92 Å². The second-order valence-corrected chi connectivity index (χ2v) is 4.83. The van der Waals surface area contributed by atoms with Gasteiger partial charge in [0.05, 0.1) is 16.9 Å². The monoisotopic (exact) mass is 302 g/mol. The smallest absolute Gasteiger partial charge is 0.222 e. The van der Waals surface area contributed by atoms with E-state index in [4.69, 9.17) is 17.3 Å². The van der Waals surface area contributed by atoms with Crippen LogP contribution in [0.2, 0.25) is 5.02 Å². The minimum atomic E-state index is -0.187. The molecule has 0 aliphatic heterocycles. The summed E-state index contributed by atoms with van der Waals surface area (Å²) < 4.78 is 1.57. The minimum Gasteiger partial charge on any atom is -0.382 e. The number of carbonyl (C=O) groups excluding carboxylic acids is 1. The van der Waals surface area contributed by atoms with Gasteiger partial charge in [0.2, 0.25) is 5.91 Å². The summed E-state index contributed by atoms with van der Waals surface area (Å²) in [5.74, 6) is 0.533. The van der Waals surface area contributed by atoms with Crippen molar-refractivity contribution < 1.29 is 4.79 Å². The average molecular weight is 303 g/mol. The van der Waals surface area contributed by atoms with Crippen molar-refractivity contribution in [1.82, 2.24) is 19.6 Å². The van der Waals surface area contributed by atoms with Gasteiger partial charge in [0.15, 0.2) is 11.5 Å². The summed E-state index contributed by atoms with van der Waals surface area (Å²) in [6.07, 6.45) is 3.23. The highest BCUT2D eigenvalue weighted by molar-refractivity contribution is 6.33. The Morgan fingerprint density at radius 1 is 1.43 bits per heavy atom. The normalized spacial score (nSPS) is 10.8. The van der Waals surface area contributed by atoms with Crippen LogP contribution in [-0.4, -0.2) is 25.5 Å². The number of hydrogen-bond donors (Lipinski definition) is 2. The van der Waals surface area contributed by atoms with Gasteiger partial charge in [-0.25, -0.2) is 14.5 Å². The first kappa shape index (κ1) is 13.3. The number of imidazole rings is 1. The molecule has 0 bridgehead atoms. The van der Waals surface area contributed by atoms with E-state index < -0.39 is 0 Å². The first-order valence-corrected chi connectivity index (χ1v) is 6.46. The molecule has 0 atom stereocenters. The zero-order chi connectivity index (χ0) is 15.0. The molecule has 7 nitrogen and oxygen atoms in total. The summed E-state index contributed by atoms with van der Waals surface area (Å²) in [6.45, 7) is 1.42. The van der Waals surface area contributed by atoms with E-state index in [0.29, 0.717) is 22.2 Å². The number of halogens is 1. The van der Waals surface area contributed by atoms with Gasteiger partial charge in [0.1, 0.15) is 5.82 Å². The summed E-state index contributed by atoms with van der Waals surface area (Å²) in [4.78, 5) is 19.3. The number of nitrogens with zero attached hydrogens (tertiary/aromatic N) is 4. The standard InChI is InChI=1S/C13H11ClN6O/c1-7(21)17-11-6-20-12(18-11)3-2-10(19-20)8-4-9(14)13(15)16-5-8/h2-6H,1H3,(H2,15,16)(H,17,21). The second-order valence-electron chi connectivity index (χ2n) is 4.42. The number of anilines is 2. The number of nitrogens with one attached hydrogen (secondary N) is 1. The molecule has 1 amide bonds. The average Bonchev–Trinajstić information content (AvgIpc) is 2.82. The molecule has 3 aromatic rings. The van der Waals surface area contributed by atoms with E-state index in [9.17, 15) is 4.79 Å². The van der Waals surface area contributed by atoms with Crippen molar-refractivity contribution in [3.05, 3.63) is 35.6 Å². The highest BCUT2D eigenvalue weighted by atomic mass is 35.5. The van der Waals surface area contributed by atoms with E-state index >= 15 is 0 Å². The van der Waals surface area contributed by atoms with E-state index in [1.165, 1.54) is 6.92 Å². The fraction of sp³-hybridized carbons (Fsp3) is 0.0769. The number of pyridine rings is 1. The van der Waals surface area contributed by atoms with Crippen LogP contribution in [0.25, 0.3) is 16.9 Å². The third-order valence-corrected chi connectivity index (χ3v) is 3.09. The first-order chi connectivity index (χ1) is 10.0. The molecule has 0 saturated carbocycles. The number of rotatable bonds is 2. The topological polar surface area (TPSA) is 98.2 Å². The maximum atomic E-state index is 11.0. The molecule has 106 valence electrons. The Labute approximate surface area is 124 Å². The number of amides is 1. The molecule has 3 rings (SSSR count). The fourth-order valence-corrected chi connectivity index (χ4v) is 2.03. The zero-order valence-corrected chi connectivity index (χ0v) is 11.8. The molecule has 21 heavy (non-hydrogen) atoms. The van der Waals surface area contributed by atoms with Crippen LogP contribution in [0.5, 0.6) is 0 Å². The van der Waals surface area contributed by atoms with Crippen molar-refractivity contribution >= 4 is 34.8 Å². The molecule has 0 radical (unpaired) electrons. The van der Waals surface area contributed by atoms with Gasteiger partial charge in [0, 0.05) is 18.7 Å². The van der Waals surface area contributed by atoms with Crippen LogP contribution in [0.15, 0.2) is 30.6 Å². The third kappa shape index (κ3) is 2.63. The van der Waals surface area contributed by atoms with Crippen LogP contribution in [0.1, 0.15) is 6.92 Å². The van der Waals surface area contributed by atoms with Crippen molar-refractivity contribution in [3.8, 4) is 11.3 Å². The van der Waals surface area contributed by atoms with Crippen LogP contribution in [0.3, 0.4) is 0 Å². The summed E-state index contributed by atoms with van der Waals surface area (Å²) in [5, 5.41) is 7.39. The van der Waals surface area contributed by atoms with E-state index in [1.807, 2.05) is 0 Å². The van der Waals surface area contributed by atoms with Gasteiger partial charge in [-0.1, -0.05) is 11.6 Å². The van der Waals surface area contributed by atoms with Crippen molar-refractivity contribution in [2.75, 3.05) is 11.1 Å². The van der Waals surface area contributed by atoms with E-state index in [0.717, 1.165) is 5.56 Å². The van der Waals surface area contributed by atoms with Gasteiger partial charge in [0.25, 0.3) is 0 Å². The second kappa shape index (κ2) is 5.02. The number of aromatic nitrogens is 4. The van der Waals surface area contributed by atoms with Gasteiger partial charge >= 0.3 is 0 Å². The number of nitrogens with two attached hydrogens (primary N) is 1. The molecule has 3 N–H and O–H groups in total. The summed E-state index contributed by atoms with van der Waals surface area (Å²) in [5.41, 5.74) is 7.62. The Morgan fingerprint density at radius 3 is 2.95 bits per heavy atom. The number of hydrogen-bond acceptors (Lipinski definition) is 5. The molecule has 3 heterocycles. The van der Waals surface area contributed by atoms with Crippen LogP contribution in [0, 0.1) is 0 Å². The molecule has 0 aliphatic carbocycles. The summed E-state index contributed by atoms with van der Waals surface area (Å²) in [7, 11) is 0. The Bertz CT molecular complexity index is 844. The lowest BCUT2D eigenvalue weighted by Crippen LogP contribution is -2.05. The number of carbonyl (C=O) groups is 1. The van der Waals surface area contributed by atoms with E-state index in [2.05, 4.69) is 20.4 Å². The zero-order valence-electron chi connectivity index (χ0n) is 11.0. The highest BCUT2D eigenvalue weighted by Crippen LogP contribution is 2.24. The molecular weight excluding hydrogens is 292 g/mol. The molecule has 0 saturated heterocycles. The van der Waals surface area contributed by atoms with Crippen molar-refractivity contribution in [1.29, 1.82) is 0 Å². The van der Waals surface area contributed by atoms with Gasteiger partial charge in [-0.15, -0.1) is 0 Å². The van der Waals surface area contributed by atoms with Crippen LogP contribution < -0.4 is 11.1 Å². The third-order valence-electron chi connectivity index (χ3n) is 2.79. The predicted octanol–water partition coefficient (Wildman–Crippen LogP) is 1.99. The summed E-state index contributed by atoms with van der Waals surface area (Å²) in [6, 6.07) is 5.28. The maximum Gasteiger partial charge on any atom is 0.222 e. The lowest BCUT2D eigenvalue weighted by Gasteiger charge is -2.03. The molecule has 0 aromatic carbocycles. The van der Waals surface area contributed by atoms with Gasteiger partial charge < -0.3 is 11.1 Å². The fourth-order valence-electron chi connectivity index (χ4n) is 1.87. The van der Waals surface area contributed by atoms with Gasteiger partial charge in [-0.05, 0) is 18.2 Å². The molecule has 0 aliphatic rings. The van der Waals surface area contributed by atoms with Gasteiger partial charge in [-0.2, -0.15) is 5.10 Å². The Hall–Kier alpha value is -2.67. The Morgan fingerprint density at radius 2 is 2.24 bits per heavy atom. The Kier molecular flexibility index (Phi) is 3.19. The highest BCUT2D eigenvalue weighted by Gasteiger charge is 2.08. The quantitative estimate of drug-likeness (QED) is 0.754. The van der Waals surface area contributed by atoms with Crippen LogP contribution in [0.4, 0.5) is 11.6 Å². The molecule has 8 heteroatoms. The minimum absolute atomic E-state index is 0.187. The van der Waals surface area contributed by atoms with Crippen LogP contribution in [-0.2, 0) is 4.79 Å². The lowest BCUT2D eigenvalue weighted by atomic mass is 10.2. The predicted molar refractivity (Wildman–Crippen MR) is 79.9 cm³/mol. The largest absolute Gasteiger partial charge is 0.382 e. The van der Waals surface area contributed by atoms with Crippen LogP contribution >= 0.6 is 11.6 Å². The summed E-state index contributed by atoms with van der Waals surface area (Å²) >= 11 is 5.96. The van der Waals surface area contributed by atoms with Crippen molar-refractivity contribution in [3.63, 3.8) is 0 Å². The van der Waals surface area contributed by atoms with Crippen molar-refractivity contribution in [2.24, 2.45) is 0 Å². The molecular formula is C13H11ClN6O. The number of nitrogen functional groups attached to an aromatic ring is 1. The lowest BCUT2D eigenvalue weighted by molar-refractivity contribution is -0.114. The molecule has 3 aromatic heterocycles. The number of fused-ring (bicyclic) bond motifs is 1. The molecule has 0 spiro atoms. The van der Waals surface area contributed by atoms with Gasteiger partial charge in [-0.3, -0.25) is 4.79 Å². The molecule has 0 fully saturated rings. The maximum absolute atomic E-state index is 11.0. The first-order valence-electron chi connectivity index (χ1n) is 6.08. The SMILES string of the molecule is CC(=O)Nc1cn2nc(-c3cnc(N)c(Cl)c3)ccc2n1. The van der Waals surface area contributed by atoms with E-state index in [1.54, 1.807) is 35.1 Å².